The number of carboxylic acids is 1. The van der Waals surface area contributed by atoms with E-state index in [1.54, 1.807) is 13.2 Å². The molecule has 157 valence electrons. The van der Waals surface area contributed by atoms with Crippen LogP contribution in [-0.4, -0.2) is 64.8 Å². The molecule has 0 aliphatic heterocycles. The molecule has 1 unspecified atom stereocenters. The molecule has 8 heteroatoms. The molecule has 1 atom stereocenters. The van der Waals surface area contributed by atoms with Crippen LogP contribution >= 0.6 is 0 Å². The molecule has 0 bridgehead atoms. The molecular weight excluding hydrogens is 407 g/mol. The number of carbonyl (C=O) groups excluding carboxylic acids is 1. The van der Waals surface area contributed by atoms with Crippen molar-refractivity contribution in [2.75, 3.05) is 13.7 Å². The Morgan fingerprint density at radius 1 is 1.23 bits per heavy atom. The number of benzene rings is 2. The zero-order valence-corrected chi connectivity index (χ0v) is 19.8. The van der Waals surface area contributed by atoms with Gasteiger partial charge in [0.15, 0.2) is 6.61 Å². The number of aliphatic carboxylic acids is 1. The van der Waals surface area contributed by atoms with Gasteiger partial charge in [0.05, 0.1) is 18.5 Å². The number of primary amides is 1. The third kappa shape index (κ3) is 4.59. The Hall–Kier alpha value is -2.48. The molecule has 4 rings (SSSR count). The van der Waals surface area contributed by atoms with Crippen molar-refractivity contribution in [3.63, 3.8) is 0 Å². The smallest absolute Gasteiger partial charge is 0.341 e. The average molecular weight is 431 g/mol. The first-order valence-electron chi connectivity index (χ1n) is 9.90. The SMILES string of the molecule is COc1cc(OCC(=O)O)c2c3c(n(Cc4ccccc4)c2c1)CCCC3C(N)=O.[Na]. The standard InChI is InChI=1S/C23H24N2O5.Na/c1-29-15-10-18-22(19(11-15)30-13-20(26)27)21-16(23(24)28)8-5-9-17(21)25(18)12-14-6-3-2-4-7-14;/h2-4,6-7,10-11,16H,5,8-9,12-13H2,1H3,(H2,24,28)(H,26,27);. The van der Waals surface area contributed by atoms with E-state index in [-0.39, 0.29) is 35.5 Å². The van der Waals surface area contributed by atoms with E-state index in [1.165, 1.54) is 0 Å². The van der Waals surface area contributed by atoms with Gasteiger partial charge in [-0.05, 0) is 30.4 Å². The van der Waals surface area contributed by atoms with E-state index in [0.29, 0.717) is 24.5 Å². The van der Waals surface area contributed by atoms with Gasteiger partial charge in [-0.1, -0.05) is 30.3 Å². The molecule has 1 aliphatic rings. The normalized spacial score (nSPS) is 15.1. The first-order valence-corrected chi connectivity index (χ1v) is 9.90. The van der Waals surface area contributed by atoms with E-state index in [1.807, 2.05) is 24.3 Å². The Kier molecular flexibility index (Phi) is 7.30. The van der Waals surface area contributed by atoms with Crippen molar-refractivity contribution in [1.82, 2.24) is 4.57 Å². The van der Waals surface area contributed by atoms with Gasteiger partial charge >= 0.3 is 5.97 Å². The number of rotatable bonds is 7. The van der Waals surface area contributed by atoms with Gasteiger partial charge < -0.3 is 24.9 Å². The number of hydrogen-bond donors (Lipinski definition) is 2. The minimum atomic E-state index is -1.07. The second-order valence-electron chi connectivity index (χ2n) is 7.48. The third-order valence-corrected chi connectivity index (χ3v) is 5.62. The maximum absolute atomic E-state index is 12.3. The van der Waals surface area contributed by atoms with E-state index in [4.69, 9.17) is 20.3 Å². The predicted molar refractivity (Wildman–Crippen MR) is 118 cm³/mol. The molecule has 1 radical (unpaired) electrons. The minimum absolute atomic E-state index is 0. The van der Waals surface area contributed by atoms with Crippen molar-refractivity contribution in [3.8, 4) is 11.5 Å². The van der Waals surface area contributed by atoms with Gasteiger partial charge in [-0.15, -0.1) is 0 Å². The maximum Gasteiger partial charge on any atom is 0.341 e. The molecule has 31 heavy (non-hydrogen) atoms. The van der Waals surface area contributed by atoms with Crippen molar-refractivity contribution in [2.24, 2.45) is 5.73 Å². The van der Waals surface area contributed by atoms with Gasteiger partial charge in [0.1, 0.15) is 11.5 Å². The van der Waals surface area contributed by atoms with Crippen LogP contribution < -0.4 is 15.2 Å². The van der Waals surface area contributed by atoms with E-state index < -0.39 is 18.5 Å². The quantitative estimate of drug-likeness (QED) is 0.560. The second-order valence-corrected chi connectivity index (χ2v) is 7.48. The molecule has 0 saturated carbocycles. The number of aromatic nitrogens is 1. The number of nitrogens with zero attached hydrogens (tertiary/aromatic N) is 1. The van der Waals surface area contributed by atoms with Crippen LogP contribution in [0.3, 0.4) is 0 Å². The predicted octanol–water partition coefficient (Wildman–Crippen LogP) is 2.69. The molecule has 1 heterocycles. The van der Waals surface area contributed by atoms with Crippen molar-refractivity contribution in [3.05, 3.63) is 59.3 Å². The molecule has 0 fully saturated rings. The molecule has 1 amide bonds. The van der Waals surface area contributed by atoms with Crippen LogP contribution in [0.4, 0.5) is 0 Å². The van der Waals surface area contributed by atoms with Crippen molar-refractivity contribution in [2.45, 2.75) is 31.7 Å². The van der Waals surface area contributed by atoms with Gasteiger partial charge in [-0.3, -0.25) is 4.79 Å². The summed E-state index contributed by atoms with van der Waals surface area (Å²) in [5.74, 6) is -0.941. The summed E-state index contributed by atoms with van der Waals surface area (Å²) in [5, 5.41) is 9.86. The summed E-state index contributed by atoms with van der Waals surface area (Å²) in [6.07, 6.45) is 2.33. The molecule has 3 N–H and O–H groups in total. The zero-order valence-electron chi connectivity index (χ0n) is 17.8. The van der Waals surface area contributed by atoms with Crippen molar-refractivity contribution >= 4 is 52.3 Å². The first-order chi connectivity index (χ1) is 14.5. The number of nitrogens with two attached hydrogens (primary N) is 1. The van der Waals surface area contributed by atoms with Gasteiger partial charge in [0, 0.05) is 59.3 Å². The number of fused-ring (bicyclic) bond motifs is 3. The van der Waals surface area contributed by atoms with Crippen LogP contribution in [0.15, 0.2) is 42.5 Å². The van der Waals surface area contributed by atoms with Crippen LogP contribution in [0.2, 0.25) is 0 Å². The number of carbonyl (C=O) groups is 2. The largest absolute Gasteiger partial charge is 0.497 e. The van der Waals surface area contributed by atoms with Gasteiger partial charge in [0.25, 0.3) is 0 Å². The number of ether oxygens (including phenoxy) is 2. The molecular formula is C23H24N2NaO5. The summed E-state index contributed by atoms with van der Waals surface area (Å²) in [6.45, 7) is 0.131. The zero-order chi connectivity index (χ0) is 21.3. The number of carboxylic acid groups (broad SMARTS) is 1. The molecule has 0 spiro atoms. The van der Waals surface area contributed by atoms with E-state index >= 15 is 0 Å². The van der Waals surface area contributed by atoms with E-state index in [0.717, 1.165) is 40.6 Å². The Morgan fingerprint density at radius 3 is 2.61 bits per heavy atom. The van der Waals surface area contributed by atoms with Crippen LogP contribution in [-0.2, 0) is 22.6 Å². The molecule has 1 aliphatic carbocycles. The minimum Gasteiger partial charge on any atom is -0.497 e. The van der Waals surface area contributed by atoms with Crippen LogP contribution in [0.5, 0.6) is 11.5 Å². The molecule has 0 saturated heterocycles. The average Bonchev–Trinajstić information content (AvgIpc) is 3.06. The molecule has 7 nitrogen and oxygen atoms in total. The van der Waals surface area contributed by atoms with Crippen molar-refractivity contribution < 1.29 is 24.2 Å². The van der Waals surface area contributed by atoms with Crippen LogP contribution in [0.1, 0.15) is 35.6 Å². The summed E-state index contributed by atoms with van der Waals surface area (Å²) < 4.78 is 13.3. The summed E-state index contributed by atoms with van der Waals surface area (Å²) in [6, 6.07) is 13.6. The fraction of sp³-hybridized carbons (Fsp3) is 0.304. The second kappa shape index (κ2) is 9.77. The van der Waals surface area contributed by atoms with Crippen LogP contribution in [0.25, 0.3) is 10.9 Å². The monoisotopic (exact) mass is 431 g/mol. The Labute approximate surface area is 202 Å². The van der Waals surface area contributed by atoms with Gasteiger partial charge in [0.2, 0.25) is 5.91 Å². The fourth-order valence-corrected chi connectivity index (χ4v) is 4.36. The Morgan fingerprint density at radius 2 is 1.97 bits per heavy atom. The molecule has 1 aromatic heterocycles. The van der Waals surface area contributed by atoms with Gasteiger partial charge in [-0.2, -0.15) is 0 Å². The summed E-state index contributed by atoms with van der Waals surface area (Å²) >= 11 is 0. The van der Waals surface area contributed by atoms with Gasteiger partial charge in [-0.25, -0.2) is 4.79 Å². The third-order valence-electron chi connectivity index (χ3n) is 5.62. The number of methoxy groups -OCH3 is 1. The maximum atomic E-state index is 12.3. The van der Waals surface area contributed by atoms with E-state index in [2.05, 4.69) is 16.7 Å². The summed E-state index contributed by atoms with van der Waals surface area (Å²) in [7, 11) is 1.55. The van der Waals surface area contributed by atoms with E-state index in [9.17, 15) is 9.59 Å². The fourth-order valence-electron chi connectivity index (χ4n) is 4.36. The Balaban J connectivity index is 0.00000272. The first kappa shape index (κ1) is 23.2. The summed E-state index contributed by atoms with van der Waals surface area (Å²) in [4.78, 5) is 23.4. The van der Waals surface area contributed by atoms with Crippen molar-refractivity contribution in [1.29, 1.82) is 0 Å². The van der Waals surface area contributed by atoms with Crippen LogP contribution in [0, 0.1) is 0 Å². The number of amides is 1. The molecule has 3 aromatic rings. The summed E-state index contributed by atoms with van der Waals surface area (Å²) in [5.41, 5.74) is 9.61. The topological polar surface area (TPSA) is 104 Å². The molecule has 2 aromatic carbocycles. The number of hydrogen-bond acceptors (Lipinski definition) is 4. The Bertz CT molecular complexity index is 1110.